The van der Waals surface area contributed by atoms with Crippen LogP contribution in [0.15, 0.2) is 17.4 Å². The lowest BCUT2D eigenvalue weighted by Gasteiger charge is -2.30. The molecule has 2 fully saturated rings. The highest BCUT2D eigenvalue weighted by molar-refractivity contribution is 7.88. The summed E-state index contributed by atoms with van der Waals surface area (Å²) in [5.41, 5.74) is 1.30. The number of hydrogen-bond acceptors (Lipinski definition) is 4. The molecule has 0 saturated carbocycles. The van der Waals surface area contributed by atoms with Crippen molar-refractivity contribution >= 4 is 16.0 Å². The standard InChI is InChI=1S/C18H32N6O2S/c1-4-19-18(20-11-15-5-9-24(10-6-15)27(3,25)26)23-8-7-16(14-23)17-12-21-22(2)13-17/h12-13,15-16H,4-11,14H2,1-3H3,(H,19,20). The largest absolute Gasteiger partial charge is 0.357 e. The van der Waals surface area contributed by atoms with Gasteiger partial charge in [0.1, 0.15) is 0 Å². The summed E-state index contributed by atoms with van der Waals surface area (Å²) in [5, 5.41) is 7.72. The SMILES string of the molecule is CCNC(=NCC1CCN(S(C)(=O)=O)CC1)N1CCC(c2cnn(C)c2)C1. The normalized spacial score (nSPS) is 23.1. The van der Waals surface area contributed by atoms with E-state index < -0.39 is 10.0 Å². The van der Waals surface area contributed by atoms with Crippen molar-refractivity contribution in [2.75, 3.05) is 45.5 Å². The first-order valence-electron chi connectivity index (χ1n) is 9.83. The predicted molar refractivity (Wildman–Crippen MR) is 107 cm³/mol. The van der Waals surface area contributed by atoms with E-state index in [1.807, 2.05) is 17.9 Å². The summed E-state index contributed by atoms with van der Waals surface area (Å²) in [4.78, 5) is 7.22. The maximum absolute atomic E-state index is 11.6. The smallest absolute Gasteiger partial charge is 0.211 e. The fourth-order valence-electron chi connectivity index (χ4n) is 3.94. The Morgan fingerprint density at radius 1 is 1.30 bits per heavy atom. The molecule has 1 N–H and O–H groups in total. The third-order valence-electron chi connectivity index (χ3n) is 5.56. The van der Waals surface area contributed by atoms with E-state index in [0.29, 0.717) is 24.9 Å². The Hall–Kier alpha value is -1.61. The first-order valence-corrected chi connectivity index (χ1v) is 11.7. The number of nitrogens with zero attached hydrogens (tertiary/aromatic N) is 5. The topological polar surface area (TPSA) is 82.8 Å². The van der Waals surface area contributed by atoms with Gasteiger partial charge in [0, 0.05) is 58.4 Å². The number of rotatable bonds is 5. The number of aromatic nitrogens is 2. The minimum Gasteiger partial charge on any atom is -0.357 e. The molecule has 3 rings (SSSR count). The second-order valence-electron chi connectivity index (χ2n) is 7.68. The molecule has 0 bridgehead atoms. The number of aryl methyl sites for hydroxylation is 1. The Bertz CT molecular complexity index is 752. The predicted octanol–water partition coefficient (Wildman–Crippen LogP) is 0.847. The molecule has 0 aromatic carbocycles. The molecule has 2 aliphatic heterocycles. The van der Waals surface area contributed by atoms with E-state index in [1.54, 1.807) is 4.31 Å². The first-order chi connectivity index (χ1) is 12.9. The molecular formula is C18H32N6O2S. The Morgan fingerprint density at radius 2 is 2.04 bits per heavy atom. The highest BCUT2D eigenvalue weighted by Crippen LogP contribution is 2.27. The fraction of sp³-hybridized carbons (Fsp3) is 0.778. The van der Waals surface area contributed by atoms with Crippen LogP contribution < -0.4 is 5.32 Å². The van der Waals surface area contributed by atoms with Gasteiger partial charge in [0.15, 0.2) is 5.96 Å². The highest BCUT2D eigenvalue weighted by atomic mass is 32.2. The number of likely N-dealkylation sites (tertiary alicyclic amines) is 1. The van der Waals surface area contributed by atoms with Crippen LogP contribution in [0.3, 0.4) is 0 Å². The number of guanidine groups is 1. The molecule has 8 nitrogen and oxygen atoms in total. The lowest BCUT2D eigenvalue weighted by Crippen LogP contribution is -2.41. The van der Waals surface area contributed by atoms with Gasteiger partial charge in [-0.25, -0.2) is 12.7 Å². The highest BCUT2D eigenvalue weighted by Gasteiger charge is 2.28. The molecule has 1 unspecified atom stereocenters. The van der Waals surface area contributed by atoms with Gasteiger partial charge in [-0.1, -0.05) is 0 Å². The van der Waals surface area contributed by atoms with Crippen molar-refractivity contribution < 1.29 is 8.42 Å². The maximum Gasteiger partial charge on any atom is 0.211 e. The minimum absolute atomic E-state index is 0.452. The molecule has 0 aliphatic carbocycles. The van der Waals surface area contributed by atoms with E-state index in [4.69, 9.17) is 4.99 Å². The van der Waals surface area contributed by atoms with Crippen LogP contribution in [-0.4, -0.2) is 78.9 Å². The van der Waals surface area contributed by atoms with E-state index in [2.05, 4.69) is 28.4 Å². The van der Waals surface area contributed by atoms with Crippen molar-refractivity contribution in [1.82, 2.24) is 24.3 Å². The molecule has 9 heteroatoms. The van der Waals surface area contributed by atoms with Gasteiger partial charge in [-0.3, -0.25) is 9.67 Å². The monoisotopic (exact) mass is 396 g/mol. The van der Waals surface area contributed by atoms with Crippen LogP contribution in [0.25, 0.3) is 0 Å². The number of sulfonamides is 1. The molecule has 3 heterocycles. The van der Waals surface area contributed by atoms with Crippen molar-refractivity contribution in [3.63, 3.8) is 0 Å². The Labute approximate surface area is 162 Å². The van der Waals surface area contributed by atoms with E-state index >= 15 is 0 Å². The molecule has 27 heavy (non-hydrogen) atoms. The fourth-order valence-corrected chi connectivity index (χ4v) is 4.81. The van der Waals surface area contributed by atoms with E-state index in [-0.39, 0.29) is 0 Å². The number of nitrogens with one attached hydrogen (secondary N) is 1. The summed E-state index contributed by atoms with van der Waals surface area (Å²) in [7, 11) is -1.11. The van der Waals surface area contributed by atoms with Gasteiger partial charge >= 0.3 is 0 Å². The quantitative estimate of drug-likeness (QED) is 0.589. The zero-order chi connectivity index (χ0) is 19.4. The van der Waals surface area contributed by atoms with Crippen LogP contribution in [0.4, 0.5) is 0 Å². The summed E-state index contributed by atoms with van der Waals surface area (Å²) >= 11 is 0. The molecule has 0 spiro atoms. The van der Waals surface area contributed by atoms with Gasteiger partial charge in [-0.15, -0.1) is 0 Å². The molecular weight excluding hydrogens is 364 g/mol. The molecule has 2 aliphatic rings. The van der Waals surface area contributed by atoms with Gasteiger partial charge in [-0.05, 0) is 37.7 Å². The number of aliphatic imine (C=N–C) groups is 1. The zero-order valence-electron chi connectivity index (χ0n) is 16.6. The Balaban J connectivity index is 1.56. The summed E-state index contributed by atoms with van der Waals surface area (Å²) in [6.45, 7) is 6.88. The van der Waals surface area contributed by atoms with Gasteiger partial charge in [0.25, 0.3) is 0 Å². The third-order valence-corrected chi connectivity index (χ3v) is 6.86. The molecule has 0 amide bonds. The van der Waals surface area contributed by atoms with Gasteiger partial charge < -0.3 is 10.2 Å². The summed E-state index contributed by atoms with van der Waals surface area (Å²) in [6, 6.07) is 0. The molecule has 0 radical (unpaired) electrons. The second-order valence-corrected chi connectivity index (χ2v) is 9.66. The first kappa shape index (κ1) is 20.1. The average molecular weight is 397 g/mol. The van der Waals surface area contributed by atoms with Crippen LogP contribution >= 0.6 is 0 Å². The van der Waals surface area contributed by atoms with E-state index in [0.717, 1.165) is 51.4 Å². The van der Waals surface area contributed by atoms with Crippen LogP contribution in [0, 0.1) is 5.92 Å². The van der Waals surface area contributed by atoms with Gasteiger partial charge in [0.05, 0.1) is 12.5 Å². The maximum atomic E-state index is 11.6. The van der Waals surface area contributed by atoms with Crippen molar-refractivity contribution in [2.45, 2.75) is 32.1 Å². The van der Waals surface area contributed by atoms with Crippen molar-refractivity contribution in [1.29, 1.82) is 0 Å². The minimum atomic E-state index is -3.06. The lowest BCUT2D eigenvalue weighted by molar-refractivity contribution is 0.279. The van der Waals surface area contributed by atoms with Crippen LogP contribution in [-0.2, 0) is 17.1 Å². The lowest BCUT2D eigenvalue weighted by atomic mass is 9.98. The molecule has 1 atom stereocenters. The molecule has 1 aromatic rings. The molecule has 152 valence electrons. The zero-order valence-corrected chi connectivity index (χ0v) is 17.5. The number of piperidine rings is 1. The second kappa shape index (κ2) is 8.60. The Kier molecular flexibility index (Phi) is 6.41. The molecule has 2 saturated heterocycles. The van der Waals surface area contributed by atoms with Crippen LogP contribution in [0.5, 0.6) is 0 Å². The van der Waals surface area contributed by atoms with Gasteiger partial charge in [-0.2, -0.15) is 5.10 Å². The summed E-state index contributed by atoms with van der Waals surface area (Å²) < 4.78 is 26.7. The van der Waals surface area contributed by atoms with E-state index in [9.17, 15) is 8.42 Å². The summed E-state index contributed by atoms with van der Waals surface area (Å²) in [5.74, 6) is 1.93. The van der Waals surface area contributed by atoms with Crippen molar-refractivity contribution in [3.8, 4) is 0 Å². The van der Waals surface area contributed by atoms with Crippen molar-refractivity contribution in [3.05, 3.63) is 18.0 Å². The van der Waals surface area contributed by atoms with Crippen LogP contribution in [0.2, 0.25) is 0 Å². The third kappa shape index (κ3) is 5.22. The molecule has 1 aromatic heterocycles. The summed E-state index contributed by atoms with van der Waals surface area (Å²) in [6.07, 6.45) is 8.24. The van der Waals surface area contributed by atoms with Gasteiger partial charge in [0.2, 0.25) is 10.0 Å². The van der Waals surface area contributed by atoms with Crippen molar-refractivity contribution in [2.24, 2.45) is 18.0 Å². The average Bonchev–Trinajstić information content (AvgIpc) is 3.27. The Morgan fingerprint density at radius 3 is 2.63 bits per heavy atom. The number of hydrogen-bond donors (Lipinski definition) is 1. The van der Waals surface area contributed by atoms with E-state index in [1.165, 1.54) is 11.8 Å². The van der Waals surface area contributed by atoms with Crippen LogP contribution in [0.1, 0.15) is 37.7 Å².